The van der Waals surface area contributed by atoms with E-state index in [4.69, 9.17) is 5.73 Å². The van der Waals surface area contributed by atoms with Crippen LogP contribution in [0.2, 0.25) is 0 Å². The lowest BCUT2D eigenvalue weighted by molar-refractivity contribution is 0.252. The van der Waals surface area contributed by atoms with Gasteiger partial charge in [0.1, 0.15) is 6.33 Å². The van der Waals surface area contributed by atoms with Crippen molar-refractivity contribution in [2.75, 3.05) is 44.2 Å². The first-order valence-electron chi connectivity index (χ1n) is 6.87. The van der Waals surface area contributed by atoms with Gasteiger partial charge in [-0.25, -0.2) is 14.4 Å². The molecule has 0 aliphatic carbocycles. The molecule has 0 aromatic carbocycles. The van der Waals surface area contributed by atoms with E-state index in [1.165, 1.54) is 6.33 Å². The highest BCUT2D eigenvalue weighted by molar-refractivity contribution is 5.41. The number of nitrogens with two attached hydrogens (primary N) is 1. The summed E-state index contributed by atoms with van der Waals surface area (Å²) >= 11 is 0. The van der Waals surface area contributed by atoms with Crippen molar-refractivity contribution >= 4 is 5.82 Å². The minimum atomic E-state index is -0.293. The Kier molecular flexibility index (Phi) is 5.04. The molecule has 0 bridgehead atoms. The number of rotatable bonds is 5. The summed E-state index contributed by atoms with van der Waals surface area (Å²) in [7, 11) is 0. The summed E-state index contributed by atoms with van der Waals surface area (Å²) in [6.45, 7) is 7.04. The van der Waals surface area contributed by atoms with Gasteiger partial charge in [-0.05, 0) is 32.9 Å². The van der Waals surface area contributed by atoms with Crippen molar-refractivity contribution in [3.63, 3.8) is 0 Å². The number of anilines is 1. The van der Waals surface area contributed by atoms with Crippen LogP contribution in [0.4, 0.5) is 10.2 Å². The van der Waals surface area contributed by atoms with Crippen molar-refractivity contribution in [2.24, 2.45) is 5.73 Å². The zero-order valence-electron chi connectivity index (χ0n) is 11.5. The van der Waals surface area contributed by atoms with Crippen LogP contribution in [0.15, 0.2) is 6.33 Å². The second kappa shape index (κ2) is 6.77. The summed E-state index contributed by atoms with van der Waals surface area (Å²) in [6.07, 6.45) is 3.64. The first-order valence-corrected chi connectivity index (χ1v) is 6.87. The van der Waals surface area contributed by atoms with E-state index in [0.29, 0.717) is 11.5 Å². The molecule has 6 heteroatoms. The van der Waals surface area contributed by atoms with E-state index in [2.05, 4.69) is 14.9 Å². The van der Waals surface area contributed by atoms with Crippen LogP contribution in [0.3, 0.4) is 0 Å². The first kappa shape index (κ1) is 14.1. The summed E-state index contributed by atoms with van der Waals surface area (Å²) in [5, 5.41) is 0. The molecule has 0 amide bonds. The molecule has 2 heterocycles. The number of halogens is 1. The topological polar surface area (TPSA) is 58.3 Å². The molecule has 1 aliphatic heterocycles. The van der Waals surface area contributed by atoms with Crippen LogP contribution in [0.25, 0.3) is 0 Å². The maximum atomic E-state index is 13.9. The van der Waals surface area contributed by atoms with Gasteiger partial charge in [0.05, 0.1) is 5.69 Å². The molecule has 1 saturated heterocycles. The predicted molar refractivity (Wildman–Crippen MR) is 73.7 cm³/mol. The van der Waals surface area contributed by atoms with E-state index in [1.54, 1.807) is 6.92 Å². The van der Waals surface area contributed by atoms with E-state index in [9.17, 15) is 4.39 Å². The second-order valence-electron chi connectivity index (χ2n) is 4.92. The number of hydrogen-bond donors (Lipinski definition) is 1. The first-order chi connectivity index (χ1) is 9.22. The van der Waals surface area contributed by atoms with Gasteiger partial charge in [-0.1, -0.05) is 0 Å². The molecule has 106 valence electrons. The summed E-state index contributed by atoms with van der Waals surface area (Å²) in [4.78, 5) is 12.3. The molecule has 2 rings (SSSR count). The van der Waals surface area contributed by atoms with Gasteiger partial charge in [-0.15, -0.1) is 0 Å². The van der Waals surface area contributed by atoms with Crippen molar-refractivity contribution in [1.29, 1.82) is 0 Å². The fourth-order valence-corrected chi connectivity index (χ4v) is 2.33. The molecule has 0 spiro atoms. The molecule has 0 saturated carbocycles. The fraction of sp³-hybridized carbons (Fsp3) is 0.692. The Labute approximate surface area is 113 Å². The molecule has 1 aromatic heterocycles. The summed E-state index contributed by atoms with van der Waals surface area (Å²) < 4.78 is 13.9. The van der Waals surface area contributed by atoms with Crippen molar-refractivity contribution in [3.05, 3.63) is 17.8 Å². The Morgan fingerprint density at radius 2 is 1.95 bits per heavy atom. The van der Waals surface area contributed by atoms with Gasteiger partial charge in [0.15, 0.2) is 11.6 Å². The highest BCUT2D eigenvalue weighted by Crippen LogP contribution is 2.18. The zero-order chi connectivity index (χ0) is 13.7. The van der Waals surface area contributed by atoms with Crippen LogP contribution in [0.5, 0.6) is 0 Å². The lowest BCUT2D eigenvalue weighted by Crippen LogP contribution is -2.47. The minimum absolute atomic E-state index is 0.293. The molecule has 1 fully saturated rings. The molecular formula is C13H22FN5. The summed E-state index contributed by atoms with van der Waals surface area (Å²) in [5.74, 6) is 0.146. The summed E-state index contributed by atoms with van der Waals surface area (Å²) in [6, 6.07) is 0. The molecule has 19 heavy (non-hydrogen) atoms. The van der Waals surface area contributed by atoms with E-state index in [1.807, 2.05) is 4.90 Å². The third-order valence-corrected chi connectivity index (χ3v) is 3.55. The molecule has 0 unspecified atom stereocenters. The van der Waals surface area contributed by atoms with Gasteiger partial charge < -0.3 is 10.6 Å². The Bertz CT molecular complexity index is 404. The standard InChI is InChI=1S/C13H22FN5/c1-11-12(14)13(17-10-16-11)19-8-6-18(7-9-19)5-3-2-4-15/h10H,2-9,15H2,1H3. The van der Waals surface area contributed by atoms with Crippen LogP contribution in [0.1, 0.15) is 18.5 Å². The van der Waals surface area contributed by atoms with Gasteiger partial charge in [-0.2, -0.15) is 0 Å². The van der Waals surface area contributed by atoms with Crippen LogP contribution in [-0.4, -0.2) is 54.1 Å². The highest BCUT2D eigenvalue weighted by Gasteiger charge is 2.21. The quantitative estimate of drug-likeness (QED) is 0.799. The molecular weight excluding hydrogens is 245 g/mol. The van der Waals surface area contributed by atoms with Crippen LogP contribution >= 0.6 is 0 Å². The van der Waals surface area contributed by atoms with Gasteiger partial charge in [0, 0.05) is 26.2 Å². The fourth-order valence-electron chi connectivity index (χ4n) is 2.33. The highest BCUT2D eigenvalue weighted by atomic mass is 19.1. The van der Waals surface area contributed by atoms with Crippen molar-refractivity contribution < 1.29 is 4.39 Å². The smallest absolute Gasteiger partial charge is 0.186 e. The number of aryl methyl sites for hydroxylation is 1. The van der Waals surface area contributed by atoms with E-state index in [0.717, 1.165) is 52.1 Å². The van der Waals surface area contributed by atoms with Crippen molar-refractivity contribution in [1.82, 2.24) is 14.9 Å². The Morgan fingerprint density at radius 1 is 1.21 bits per heavy atom. The van der Waals surface area contributed by atoms with E-state index >= 15 is 0 Å². The van der Waals surface area contributed by atoms with Gasteiger partial charge in [-0.3, -0.25) is 4.90 Å². The second-order valence-corrected chi connectivity index (χ2v) is 4.92. The third kappa shape index (κ3) is 3.61. The van der Waals surface area contributed by atoms with Gasteiger partial charge >= 0.3 is 0 Å². The van der Waals surface area contributed by atoms with Crippen LogP contribution < -0.4 is 10.6 Å². The average Bonchev–Trinajstić information content (AvgIpc) is 2.43. The van der Waals surface area contributed by atoms with Crippen molar-refractivity contribution in [3.8, 4) is 0 Å². The lowest BCUT2D eigenvalue weighted by Gasteiger charge is -2.35. The Morgan fingerprint density at radius 3 is 2.63 bits per heavy atom. The Hall–Kier alpha value is -1.27. The number of aromatic nitrogens is 2. The molecule has 1 aliphatic rings. The van der Waals surface area contributed by atoms with Gasteiger partial charge in [0.2, 0.25) is 0 Å². The Balaban J connectivity index is 1.87. The maximum Gasteiger partial charge on any atom is 0.186 e. The predicted octanol–water partition coefficient (Wildman–Crippen LogP) is 0.785. The monoisotopic (exact) mass is 267 g/mol. The van der Waals surface area contributed by atoms with E-state index in [-0.39, 0.29) is 5.82 Å². The third-order valence-electron chi connectivity index (χ3n) is 3.55. The largest absolute Gasteiger partial charge is 0.352 e. The number of unbranched alkanes of at least 4 members (excludes halogenated alkanes) is 1. The SMILES string of the molecule is Cc1ncnc(N2CCN(CCCCN)CC2)c1F. The average molecular weight is 267 g/mol. The van der Waals surface area contributed by atoms with Crippen molar-refractivity contribution in [2.45, 2.75) is 19.8 Å². The molecule has 0 atom stereocenters. The van der Waals surface area contributed by atoms with Crippen LogP contribution in [-0.2, 0) is 0 Å². The maximum absolute atomic E-state index is 13.9. The normalized spacial score (nSPS) is 16.9. The van der Waals surface area contributed by atoms with E-state index < -0.39 is 0 Å². The minimum Gasteiger partial charge on any atom is -0.352 e. The molecule has 0 radical (unpaired) electrons. The molecule has 5 nitrogen and oxygen atoms in total. The molecule has 1 aromatic rings. The number of piperazine rings is 1. The zero-order valence-corrected chi connectivity index (χ0v) is 11.5. The summed E-state index contributed by atoms with van der Waals surface area (Å²) in [5.41, 5.74) is 5.90. The lowest BCUT2D eigenvalue weighted by atomic mass is 10.2. The number of nitrogens with zero attached hydrogens (tertiary/aromatic N) is 4. The van der Waals surface area contributed by atoms with Crippen LogP contribution in [0, 0.1) is 12.7 Å². The number of hydrogen-bond acceptors (Lipinski definition) is 5. The molecule has 2 N–H and O–H groups in total. The van der Waals surface area contributed by atoms with Gasteiger partial charge in [0.25, 0.3) is 0 Å².